The van der Waals surface area contributed by atoms with Gasteiger partial charge in [0.25, 0.3) is 0 Å². The van der Waals surface area contributed by atoms with Crippen molar-refractivity contribution in [3.05, 3.63) is 24.0 Å². The highest BCUT2D eigenvalue weighted by Gasteiger charge is 2.09. The van der Waals surface area contributed by atoms with Gasteiger partial charge in [0, 0.05) is 28.9 Å². The molecule has 0 fully saturated rings. The summed E-state index contributed by atoms with van der Waals surface area (Å²) in [6.45, 7) is 1.74. The Hall–Kier alpha value is -1.96. The molecule has 1 aromatic rings. The molecule has 0 aromatic carbocycles. The summed E-state index contributed by atoms with van der Waals surface area (Å²) in [6.07, 6.45) is 2.82. The molecule has 0 aliphatic rings. The van der Waals surface area contributed by atoms with Crippen molar-refractivity contribution < 1.29 is 18.9 Å². The first kappa shape index (κ1) is 15.1. The maximum Gasteiger partial charge on any atom is 0.354 e. The van der Waals surface area contributed by atoms with E-state index in [-0.39, 0.29) is 11.7 Å². The number of nitrogens with zero attached hydrogens (tertiary/aromatic N) is 1. The van der Waals surface area contributed by atoms with Crippen LogP contribution in [0.3, 0.4) is 0 Å². The molecule has 0 spiro atoms. The van der Waals surface area contributed by atoms with Crippen molar-refractivity contribution in [3.63, 3.8) is 0 Å². The highest BCUT2D eigenvalue weighted by Crippen LogP contribution is 2.06. The van der Waals surface area contributed by atoms with Crippen molar-refractivity contribution in [2.45, 2.75) is 13.0 Å². The zero-order valence-electron chi connectivity index (χ0n) is 10.5. The lowest BCUT2D eigenvalue weighted by atomic mass is 10.3. The Morgan fingerprint density at radius 3 is 2.63 bits per heavy atom. The topological polar surface area (TPSA) is 108 Å². The highest BCUT2D eigenvalue weighted by atomic mass is 32.2. The van der Waals surface area contributed by atoms with Gasteiger partial charge < -0.3 is 15.7 Å². The Morgan fingerprint density at radius 1 is 1.47 bits per heavy atom. The Morgan fingerprint density at radius 2 is 2.16 bits per heavy atom. The number of pyridine rings is 1. The number of carboxylic acid groups (broad SMARTS) is 1. The number of nitrogens with one attached hydrogen (secondary N) is 2. The van der Waals surface area contributed by atoms with Crippen LogP contribution in [0.1, 0.15) is 17.4 Å². The fraction of sp³-hybridized carbons (Fsp3) is 0.364. The first-order valence-corrected chi connectivity index (χ1v) is 7.18. The summed E-state index contributed by atoms with van der Waals surface area (Å²) in [4.78, 5) is 25.8. The predicted molar refractivity (Wildman–Crippen MR) is 71.7 cm³/mol. The summed E-state index contributed by atoms with van der Waals surface area (Å²) in [5.41, 5.74) is 0.285. The van der Waals surface area contributed by atoms with Crippen LogP contribution in [0.25, 0.3) is 0 Å². The minimum atomic E-state index is -1.13. The van der Waals surface area contributed by atoms with E-state index >= 15 is 0 Å². The van der Waals surface area contributed by atoms with Crippen molar-refractivity contribution in [2.24, 2.45) is 0 Å². The summed E-state index contributed by atoms with van der Waals surface area (Å²) in [7, 11) is -0.987. The van der Waals surface area contributed by atoms with Gasteiger partial charge in [-0.15, -0.1) is 0 Å². The Bertz CT molecular complexity index is 489. The smallest absolute Gasteiger partial charge is 0.354 e. The number of carboxylic acids is 1. The van der Waals surface area contributed by atoms with Gasteiger partial charge in [-0.25, -0.2) is 14.6 Å². The maximum absolute atomic E-state index is 11.6. The number of hydrogen-bond donors (Lipinski definition) is 3. The lowest BCUT2D eigenvalue weighted by molar-refractivity contribution is 0.0690. The van der Waals surface area contributed by atoms with Gasteiger partial charge in [-0.3, -0.25) is 4.21 Å². The van der Waals surface area contributed by atoms with Gasteiger partial charge in [-0.2, -0.15) is 0 Å². The van der Waals surface area contributed by atoms with Crippen LogP contribution < -0.4 is 10.6 Å². The van der Waals surface area contributed by atoms with Crippen LogP contribution in [0.5, 0.6) is 0 Å². The van der Waals surface area contributed by atoms with Gasteiger partial charge in [0.2, 0.25) is 0 Å². The molecule has 0 aliphatic carbocycles. The predicted octanol–water partition coefficient (Wildman–Crippen LogP) is 0.668. The summed E-state index contributed by atoms with van der Waals surface area (Å²) in [5.74, 6) is -0.765. The number of rotatable bonds is 5. The molecule has 1 heterocycles. The van der Waals surface area contributed by atoms with E-state index in [1.165, 1.54) is 18.3 Å². The largest absolute Gasteiger partial charge is 0.477 e. The van der Waals surface area contributed by atoms with Crippen LogP contribution in [0.15, 0.2) is 18.3 Å². The molecule has 0 radical (unpaired) electrons. The van der Waals surface area contributed by atoms with E-state index in [0.29, 0.717) is 11.4 Å². The van der Waals surface area contributed by atoms with Crippen LogP contribution in [-0.4, -0.2) is 44.4 Å². The fourth-order valence-electron chi connectivity index (χ4n) is 1.38. The molecule has 1 aromatic heterocycles. The van der Waals surface area contributed by atoms with Crippen molar-refractivity contribution in [1.29, 1.82) is 0 Å². The van der Waals surface area contributed by atoms with Gasteiger partial charge in [0.1, 0.15) is 5.69 Å². The molecule has 2 amide bonds. The molecule has 0 saturated carbocycles. The van der Waals surface area contributed by atoms with Crippen LogP contribution in [0.2, 0.25) is 0 Å². The zero-order chi connectivity index (χ0) is 14.4. The molecule has 8 heteroatoms. The molecule has 0 bridgehead atoms. The second-order valence-corrected chi connectivity index (χ2v) is 5.46. The number of carbonyl (C=O) groups is 2. The first-order chi connectivity index (χ1) is 8.88. The van der Waals surface area contributed by atoms with Gasteiger partial charge in [-0.05, 0) is 19.1 Å². The Kier molecular flexibility index (Phi) is 5.43. The molecular weight excluding hydrogens is 270 g/mol. The number of amides is 2. The third-order valence-electron chi connectivity index (χ3n) is 2.10. The van der Waals surface area contributed by atoms with Crippen LogP contribution in [-0.2, 0) is 10.8 Å². The SMILES string of the molecule is CC(CS(C)=O)NC(=O)Nc1ccc(C(=O)O)nc1. The van der Waals surface area contributed by atoms with E-state index in [9.17, 15) is 13.8 Å². The van der Waals surface area contributed by atoms with Gasteiger partial charge in [-0.1, -0.05) is 0 Å². The minimum absolute atomic E-state index is 0.0966. The second-order valence-electron chi connectivity index (χ2n) is 3.98. The number of carbonyl (C=O) groups excluding carboxylic acids is 1. The third-order valence-corrected chi connectivity index (χ3v) is 3.07. The number of hydrogen-bond acceptors (Lipinski definition) is 4. The van der Waals surface area contributed by atoms with Crippen molar-refractivity contribution >= 4 is 28.5 Å². The third kappa shape index (κ3) is 5.47. The normalized spacial score (nSPS) is 13.4. The number of urea groups is 1. The number of anilines is 1. The van der Waals surface area contributed by atoms with Gasteiger partial charge in [0.05, 0.1) is 11.9 Å². The molecule has 2 unspecified atom stereocenters. The van der Waals surface area contributed by atoms with E-state index < -0.39 is 22.8 Å². The van der Waals surface area contributed by atoms with Crippen LogP contribution in [0, 0.1) is 0 Å². The van der Waals surface area contributed by atoms with Crippen LogP contribution in [0.4, 0.5) is 10.5 Å². The molecule has 104 valence electrons. The Labute approximate surface area is 112 Å². The van der Waals surface area contributed by atoms with Gasteiger partial charge in [0.15, 0.2) is 0 Å². The standard InChI is InChI=1S/C11H15N3O4S/c1-7(6-19(2)18)13-11(17)14-8-3-4-9(10(15)16)12-5-8/h3-5,7H,6H2,1-2H3,(H,15,16)(H2,13,14,17). The van der Waals surface area contributed by atoms with Crippen molar-refractivity contribution in [2.75, 3.05) is 17.3 Å². The average Bonchev–Trinajstić information content (AvgIpc) is 2.27. The molecule has 7 nitrogen and oxygen atoms in total. The lowest BCUT2D eigenvalue weighted by Crippen LogP contribution is -2.39. The molecule has 19 heavy (non-hydrogen) atoms. The highest BCUT2D eigenvalue weighted by molar-refractivity contribution is 7.84. The van der Waals surface area contributed by atoms with Crippen molar-refractivity contribution in [3.8, 4) is 0 Å². The number of aromatic carboxylic acids is 1. The molecule has 2 atom stereocenters. The molecule has 3 N–H and O–H groups in total. The quantitative estimate of drug-likeness (QED) is 0.736. The lowest BCUT2D eigenvalue weighted by Gasteiger charge is -2.13. The number of aromatic nitrogens is 1. The van der Waals surface area contributed by atoms with Crippen molar-refractivity contribution in [1.82, 2.24) is 10.3 Å². The van der Waals surface area contributed by atoms with E-state index in [1.807, 2.05) is 0 Å². The van der Waals surface area contributed by atoms with Crippen LogP contribution >= 0.6 is 0 Å². The molecular formula is C11H15N3O4S. The maximum atomic E-state index is 11.6. The molecule has 0 aliphatic heterocycles. The van der Waals surface area contributed by atoms with E-state index in [4.69, 9.17) is 5.11 Å². The second kappa shape index (κ2) is 6.83. The molecule has 1 rings (SSSR count). The first-order valence-electron chi connectivity index (χ1n) is 5.45. The summed E-state index contributed by atoms with van der Waals surface area (Å²) < 4.78 is 11.0. The fourth-order valence-corrected chi connectivity index (χ4v) is 2.17. The van der Waals surface area contributed by atoms with Gasteiger partial charge >= 0.3 is 12.0 Å². The summed E-state index contributed by atoms with van der Waals surface area (Å²) in [6, 6.07) is 2.06. The molecule has 0 saturated heterocycles. The van der Waals surface area contributed by atoms with E-state index in [2.05, 4.69) is 15.6 Å². The van der Waals surface area contributed by atoms with E-state index in [1.54, 1.807) is 13.2 Å². The van der Waals surface area contributed by atoms with E-state index in [0.717, 1.165) is 0 Å². The average molecular weight is 285 g/mol. The monoisotopic (exact) mass is 285 g/mol. The Balaban J connectivity index is 2.52. The summed E-state index contributed by atoms with van der Waals surface area (Å²) >= 11 is 0. The summed E-state index contributed by atoms with van der Waals surface area (Å²) in [5, 5.41) is 13.8. The minimum Gasteiger partial charge on any atom is -0.477 e. The zero-order valence-corrected chi connectivity index (χ0v) is 11.4.